The van der Waals surface area contributed by atoms with Gasteiger partial charge in [-0.05, 0) is 59.9 Å². The largest absolute Gasteiger partial charge is 0.464 e. The highest BCUT2D eigenvalue weighted by molar-refractivity contribution is 7.10. The van der Waals surface area contributed by atoms with Gasteiger partial charge >= 0.3 is 12.0 Å². The van der Waals surface area contributed by atoms with Gasteiger partial charge in [0, 0.05) is 9.75 Å². The summed E-state index contributed by atoms with van der Waals surface area (Å²) in [6, 6.07) is 10.1. The number of carbonyl (C=O) groups is 4. The fraction of sp³-hybridized carbons (Fsp3) is 0.471. The molecule has 4 amide bonds. The Morgan fingerprint density at radius 3 is 2.19 bits per heavy atom. The number of carbonyl (C=O) groups excluding carboxylic acids is 4. The second kappa shape index (κ2) is 17.7. The quantitative estimate of drug-likeness (QED) is 0.154. The predicted octanol–water partition coefficient (Wildman–Crippen LogP) is 5.76. The van der Waals surface area contributed by atoms with Crippen LogP contribution in [0.3, 0.4) is 0 Å². The third-order valence-electron chi connectivity index (χ3n) is 7.63. The van der Waals surface area contributed by atoms with Crippen molar-refractivity contribution in [2.45, 2.75) is 84.6 Å². The number of nitrogens with one attached hydrogen (secondary N) is 3. The smallest absolute Gasteiger partial charge is 0.328 e. The van der Waals surface area contributed by atoms with Gasteiger partial charge in [0.15, 0.2) is 11.5 Å². The van der Waals surface area contributed by atoms with Gasteiger partial charge in [0.25, 0.3) is 0 Å². The maximum Gasteiger partial charge on any atom is 0.328 e. The Morgan fingerprint density at radius 1 is 0.915 bits per heavy atom. The van der Waals surface area contributed by atoms with Crippen LogP contribution in [0.25, 0.3) is 0 Å². The number of hydrogen-bond acceptors (Lipinski definition) is 9. The molecular formula is C34H44N4O7S2. The molecule has 1 aromatic carbocycles. The first-order valence-corrected chi connectivity index (χ1v) is 17.7. The van der Waals surface area contributed by atoms with Crippen LogP contribution < -0.4 is 25.4 Å². The van der Waals surface area contributed by atoms with Crippen LogP contribution in [0, 0.1) is 5.92 Å². The van der Waals surface area contributed by atoms with Gasteiger partial charge in [-0.2, -0.15) is 0 Å². The number of ether oxygens (including phenoxy) is 3. The van der Waals surface area contributed by atoms with Crippen LogP contribution >= 0.6 is 22.7 Å². The van der Waals surface area contributed by atoms with Crippen molar-refractivity contribution in [3.8, 4) is 11.5 Å². The summed E-state index contributed by atoms with van der Waals surface area (Å²) < 4.78 is 16.1. The highest BCUT2D eigenvalue weighted by Crippen LogP contribution is 2.35. The van der Waals surface area contributed by atoms with Crippen LogP contribution in [-0.4, -0.2) is 54.2 Å². The van der Waals surface area contributed by atoms with Crippen molar-refractivity contribution in [3.05, 3.63) is 68.5 Å². The Labute approximate surface area is 284 Å². The van der Waals surface area contributed by atoms with Gasteiger partial charge in [0.05, 0.1) is 32.2 Å². The van der Waals surface area contributed by atoms with Gasteiger partial charge in [-0.1, -0.05) is 51.8 Å². The summed E-state index contributed by atoms with van der Waals surface area (Å²) in [4.78, 5) is 57.4. The lowest BCUT2D eigenvalue weighted by molar-refractivity contribution is -0.148. The lowest BCUT2D eigenvalue weighted by Crippen LogP contribution is -2.52. The fourth-order valence-electron chi connectivity index (χ4n) is 5.17. The second-order valence-electron chi connectivity index (χ2n) is 11.6. The number of urea groups is 1. The van der Waals surface area contributed by atoms with Crippen molar-refractivity contribution < 1.29 is 33.4 Å². The third kappa shape index (κ3) is 10.4. The van der Waals surface area contributed by atoms with Gasteiger partial charge in [-0.3, -0.25) is 9.59 Å². The molecule has 0 saturated heterocycles. The maximum atomic E-state index is 14.1. The molecule has 47 heavy (non-hydrogen) atoms. The van der Waals surface area contributed by atoms with Crippen molar-refractivity contribution in [2.24, 2.45) is 5.92 Å². The summed E-state index contributed by atoms with van der Waals surface area (Å²) >= 11 is 3.16. The molecule has 3 atom stereocenters. The van der Waals surface area contributed by atoms with E-state index in [4.69, 9.17) is 14.2 Å². The molecule has 3 aromatic rings. The van der Waals surface area contributed by atoms with Crippen LogP contribution in [0.2, 0.25) is 0 Å². The molecule has 3 N–H and O–H groups in total. The first kappa shape index (κ1) is 35.7. The van der Waals surface area contributed by atoms with Gasteiger partial charge in [0.2, 0.25) is 18.6 Å². The highest BCUT2D eigenvalue weighted by Gasteiger charge is 2.30. The van der Waals surface area contributed by atoms with E-state index in [-0.39, 0.29) is 31.6 Å². The zero-order valence-electron chi connectivity index (χ0n) is 27.3. The Balaban J connectivity index is 1.53. The summed E-state index contributed by atoms with van der Waals surface area (Å²) in [5.74, 6) is -0.303. The van der Waals surface area contributed by atoms with E-state index in [1.54, 1.807) is 52.7 Å². The van der Waals surface area contributed by atoms with E-state index in [1.807, 2.05) is 55.8 Å². The van der Waals surface area contributed by atoms with Crippen molar-refractivity contribution in [1.29, 1.82) is 0 Å². The molecular weight excluding hydrogens is 641 g/mol. The minimum absolute atomic E-state index is 0.0716. The van der Waals surface area contributed by atoms with Gasteiger partial charge in [-0.25, -0.2) is 9.59 Å². The van der Waals surface area contributed by atoms with Crippen LogP contribution in [0.5, 0.6) is 11.5 Å². The van der Waals surface area contributed by atoms with Crippen LogP contribution in [0.1, 0.15) is 74.7 Å². The summed E-state index contributed by atoms with van der Waals surface area (Å²) in [6.07, 6.45) is 1.87. The van der Waals surface area contributed by atoms with E-state index in [0.29, 0.717) is 36.6 Å². The van der Waals surface area contributed by atoms with E-state index in [1.165, 1.54) is 0 Å². The zero-order chi connectivity index (χ0) is 33.8. The van der Waals surface area contributed by atoms with Crippen molar-refractivity contribution in [2.75, 3.05) is 13.4 Å². The minimum Gasteiger partial charge on any atom is -0.464 e. The number of fused-ring (bicyclic) bond motifs is 1. The predicted molar refractivity (Wildman–Crippen MR) is 181 cm³/mol. The third-order valence-corrected chi connectivity index (χ3v) is 9.35. The van der Waals surface area contributed by atoms with E-state index >= 15 is 0 Å². The Morgan fingerprint density at radius 2 is 1.60 bits per heavy atom. The van der Waals surface area contributed by atoms with Crippen molar-refractivity contribution in [1.82, 2.24) is 20.9 Å². The molecule has 0 unspecified atom stereocenters. The molecule has 0 aliphatic carbocycles. The number of hydrogen-bond donors (Lipinski definition) is 3. The van der Waals surface area contributed by atoms with Crippen LogP contribution in [-0.2, 0) is 32.2 Å². The Hall–Kier alpha value is -4.10. The molecule has 11 nitrogen and oxygen atoms in total. The number of esters is 1. The lowest BCUT2D eigenvalue weighted by Gasteiger charge is -2.28. The van der Waals surface area contributed by atoms with Gasteiger partial charge < -0.3 is 35.1 Å². The fourth-order valence-corrected chi connectivity index (χ4v) is 6.61. The van der Waals surface area contributed by atoms with Gasteiger partial charge in [0.1, 0.15) is 12.1 Å². The first-order chi connectivity index (χ1) is 22.7. The Bertz CT molecular complexity index is 1430. The first-order valence-electron chi connectivity index (χ1n) is 15.9. The van der Waals surface area contributed by atoms with Crippen molar-refractivity contribution in [3.63, 3.8) is 0 Å². The monoisotopic (exact) mass is 684 g/mol. The number of thiophene rings is 2. The van der Waals surface area contributed by atoms with Crippen molar-refractivity contribution >= 4 is 46.5 Å². The molecule has 1 aliphatic heterocycles. The molecule has 254 valence electrons. The minimum atomic E-state index is -0.845. The number of amides is 4. The number of unbranched alkanes of at least 4 members (excludes halogenated alkanes) is 1. The number of rotatable bonds is 17. The van der Waals surface area contributed by atoms with Crippen LogP contribution in [0.15, 0.2) is 53.2 Å². The average Bonchev–Trinajstić information content (AvgIpc) is 3.84. The molecule has 3 heterocycles. The second-order valence-corrected chi connectivity index (χ2v) is 13.6. The van der Waals surface area contributed by atoms with E-state index in [2.05, 4.69) is 16.0 Å². The normalized spacial score (nSPS) is 13.8. The topological polar surface area (TPSA) is 135 Å². The van der Waals surface area contributed by atoms with E-state index < -0.39 is 36.0 Å². The highest BCUT2D eigenvalue weighted by atomic mass is 32.1. The average molecular weight is 685 g/mol. The molecule has 0 spiro atoms. The number of benzene rings is 1. The molecule has 2 aromatic heterocycles. The molecule has 0 bridgehead atoms. The van der Waals surface area contributed by atoms with E-state index in [0.717, 1.165) is 22.6 Å². The SMILES string of the molecule is CCCC[C@H](NC(=O)N[C@@H](CC(=O)N[C@@H](C(=O)OCC)C(C)C)c1ccc2c(c1)OCO2)C(=O)N(Cc1cccs1)Cc1cccs1. The summed E-state index contributed by atoms with van der Waals surface area (Å²) in [5, 5.41) is 12.6. The number of nitrogens with zero attached hydrogens (tertiary/aromatic N) is 1. The molecule has 0 saturated carbocycles. The summed E-state index contributed by atoms with van der Waals surface area (Å²) in [7, 11) is 0. The molecule has 0 radical (unpaired) electrons. The Kier molecular flexibility index (Phi) is 13.5. The summed E-state index contributed by atoms with van der Waals surface area (Å²) in [5.41, 5.74) is 0.602. The molecule has 0 fully saturated rings. The van der Waals surface area contributed by atoms with Gasteiger partial charge in [-0.15, -0.1) is 22.7 Å². The standard InChI is InChI=1S/C34H44N4O7S2/c1-5-7-12-26(32(40)38(19-24-10-8-15-46-24)20-25-11-9-16-47-25)35-34(42)36-27(23-13-14-28-29(17-23)45-21-44-28)18-30(39)37-31(22(3)4)33(41)43-6-2/h8-11,13-17,22,26-27,31H,5-7,12,18-21H2,1-4H3,(H,37,39)(H2,35,36,42)/t26-,27-,31+/m0/s1. The maximum absolute atomic E-state index is 14.1. The summed E-state index contributed by atoms with van der Waals surface area (Å²) in [6.45, 7) is 8.49. The van der Waals surface area contributed by atoms with Crippen LogP contribution in [0.4, 0.5) is 4.79 Å². The zero-order valence-corrected chi connectivity index (χ0v) is 28.9. The molecule has 4 rings (SSSR count). The van der Waals surface area contributed by atoms with E-state index in [9.17, 15) is 19.2 Å². The molecule has 13 heteroatoms. The molecule has 1 aliphatic rings. The lowest BCUT2D eigenvalue weighted by atomic mass is 10.0.